The van der Waals surface area contributed by atoms with Crippen LogP contribution >= 0.6 is 15.9 Å². The van der Waals surface area contributed by atoms with Crippen LogP contribution in [0.15, 0.2) is 45.8 Å². The molecule has 1 N–H and O–H groups in total. The third kappa shape index (κ3) is 2.49. The molecule has 2 heterocycles. The van der Waals surface area contributed by atoms with Gasteiger partial charge in [0.05, 0.1) is 24.1 Å². The van der Waals surface area contributed by atoms with Gasteiger partial charge < -0.3 is 9.73 Å². The SMILES string of the molecule is O=C(NCc1ccccn1)c1ccoc1Br. The molecule has 0 aliphatic rings. The Labute approximate surface area is 101 Å². The van der Waals surface area contributed by atoms with E-state index in [-0.39, 0.29) is 5.91 Å². The highest BCUT2D eigenvalue weighted by molar-refractivity contribution is 9.10. The Bertz CT molecular complexity index is 482. The lowest BCUT2D eigenvalue weighted by molar-refractivity contribution is 0.0948. The molecular weight excluding hydrogens is 272 g/mol. The number of pyridine rings is 1. The van der Waals surface area contributed by atoms with E-state index < -0.39 is 0 Å². The van der Waals surface area contributed by atoms with Crippen LogP contribution in [0.5, 0.6) is 0 Å². The number of carbonyl (C=O) groups excluding carboxylic acids is 1. The minimum atomic E-state index is -0.189. The van der Waals surface area contributed by atoms with Gasteiger partial charge in [-0.3, -0.25) is 9.78 Å². The topological polar surface area (TPSA) is 55.1 Å². The van der Waals surface area contributed by atoms with Crippen molar-refractivity contribution in [2.24, 2.45) is 0 Å². The van der Waals surface area contributed by atoms with E-state index in [1.807, 2.05) is 18.2 Å². The number of hydrogen-bond donors (Lipinski definition) is 1. The predicted octanol–water partition coefficient (Wildman–Crippen LogP) is 2.37. The van der Waals surface area contributed by atoms with Crippen molar-refractivity contribution in [3.63, 3.8) is 0 Å². The molecule has 2 aromatic heterocycles. The van der Waals surface area contributed by atoms with E-state index in [0.717, 1.165) is 5.69 Å². The number of aromatic nitrogens is 1. The third-order valence-electron chi connectivity index (χ3n) is 2.02. The summed E-state index contributed by atoms with van der Waals surface area (Å²) in [5, 5.41) is 2.75. The summed E-state index contributed by atoms with van der Waals surface area (Å²) in [6.07, 6.45) is 3.15. The van der Waals surface area contributed by atoms with Crippen molar-refractivity contribution < 1.29 is 9.21 Å². The summed E-state index contributed by atoms with van der Waals surface area (Å²) in [7, 11) is 0. The van der Waals surface area contributed by atoms with Gasteiger partial charge in [0.15, 0.2) is 4.67 Å². The van der Waals surface area contributed by atoms with Gasteiger partial charge in [-0.1, -0.05) is 6.07 Å². The zero-order valence-electron chi connectivity index (χ0n) is 8.31. The Kier molecular flexibility index (Phi) is 3.36. The molecule has 82 valence electrons. The summed E-state index contributed by atoms with van der Waals surface area (Å²) in [5.41, 5.74) is 1.30. The zero-order chi connectivity index (χ0) is 11.4. The fraction of sp³-hybridized carbons (Fsp3) is 0.0909. The van der Waals surface area contributed by atoms with Gasteiger partial charge in [-0.15, -0.1) is 0 Å². The van der Waals surface area contributed by atoms with E-state index in [1.165, 1.54) is 6.26 Å². The maximum atomic E-state index is 11.7. The summed E-state index contributed by atoms with van der Waals surface area (Å²) < 4.78 is 5.41. The number of carbonyl (C=O) groups is 1. The molecule has 16 heavy (non-hydrogen) atoms. The van der Waals surface area contributed by atoms with Crippen LogP contribution in [0, 0.1) is 0 Å². The Hall–Kier alpha value is -1.62. The molecule has 0 saturated heterocycles. The van der Waals surface area contributed by atoms with Crippen molar-refractivity contribution in [2.45, 2.75) is 6.54 Å². The molecule has 2 rings (SSSR count). The van der Waals surface area contributed by atoms with E-state index in [9.17, 15) is 4.79 Å². The molecule has 5 heteroatoms. The second-order valence-corrected chi connectivity index (χ2v) is 3.83. The highest BCUT2D eigenvalue weighted by Gasteiger charge is 2.11. The van der Waals surface area contributed by atoms with Crippen LogP contribution in [0.25, 0.3) is 0 Å². The lowest BCUT2D eigenvalue weighted by Crippen LogP contribution is -2.23. The number of hydrogen-bond acceptors (Lipinski definition) is 3. The van der Waals surface area contributed by atoms with E-state index in [1.54, 1.807) is 12.3 Å². The fourth-order valence-electron chi connectivity index (χ4n) is 1.22. The molecule has 0 saturated carbocycles. The average Bonchev–Trinajstić information content (AvgIpc) is 2.74. The van der Waals surface area contributed by atoms with E-state index in [0.29, 0.717) is 16.8 Å². The van der Waals surface area contributed by atoms with Gasteiger partial charge in [-0.25, -0.2) is 0 Å². The number of amides is 1. The van der Waals surface area contributed by atoms with Crippen LogP contribution in [-0.2, 0) is 6.54 Å². The second-order valence-electron chi connectivity index (χ2n) is 3.11. The molecule has 0 unspecified atom stereocenters. The number of nitrogens with one attached hydrogen (secondary N) is 1. The predicted molar refractivity (Wildman–Crippen MR) is 61.8 cm³/mol. The van der Waals surface area contributed by atoms with Crippen LogP contribution in [0.4, 0.5) is 0 Å². The van der Waals surface area contributed by atoms with Crippen molar-refractivity contribution in [2.75, 3.05) is 0 Å². The summed E-state index contributed by atoms with van der Waals surface area (Å²) in [5.74, 6) is -0.189. The fourth-order valence-corrected chi connectivity index (χ4v) is 1.64. The smallest absolute Gasteiger partial charge is 0.256 e. The quantitative estimate of drug-likeness (QED) is 0.939. The second kappa shape index (κ2) is 4.94. The van der Waals surface area contributed by atoms with Gasteiger partial charge in [-0.05, 0) is 34.1 Å². The third-order valence-corrected chi connectivity index (χ3v) is 2.63. The monoisotopic (exact) mass is 280 g/mol. The first-order valence-corrected chi connectivity index (χ1v) is 5.48. The molecule has 0 radical (unpaired) electrons. The van der Waals surface area contributed by atoms with Gasteiger partial charge in [-0.2, -0.15) is 0 Å². The first-order valence-electron chi connectivity index (χ1n) is 4.68. The van der Waals surface area contributed by atoms with Crippen LogP contribution in [-0.4, -0.2) is 10.9 Å². The molecule has 0 fully saturated rings. The van der Waals surface area contributed by atoms with Crippen LogP contribution in [0.2, 0.25) is 0 Å². The van der Waals surface area contributed by atoms with E-state index in [2.05, 4.69) is 26.2 Å². The highest BCUT2D eigenvalue weighted by Crippen LogP contribution is 2.17. The minimum Gasteiger partial charge on any atom is -0.457 e. The van der Waals surface area contributed by atoms with Crippen molar-refractivity contribution in [3.05, 3.63) is 52.7 Å². The summed E-state index contributed by atoms with van der Waals surface area (Å²) >= 11 is 3.15. The van der Waals surface area contributed by atoms with Crippen molar-refractivity contribution in [1.29, 1.82) is 0 Å². The zero-order valence-corrected chi connectivity index (χ0v) is 9.90. The van der Waals surface area contributed by atoms with Gasteiger partial charge in [0, 0.05) is 6.20 Å². The Morgan fingerprint density at radius 3 is 2.94 bits per heavy atom. The largest absolute Gasteiger partial charge is 0.457 e. The van der Waals surface area contributed by atoms with Crippen molar-refractivity contribution in [1.82, 2.24) is 10.3 Å². The number of furan rings is 1. The molecule has 1 amide bonds. The van der Waals surface area contributed by atoms with Gasteiger partial charge in [0.1, 0.15) is 0 Å². The molecule has 0 bridgehead atoms. The average molecular weight is 281 g/mol. The summed E-state index contributed by atoms with van der Waals surface area (Å²) in [6.45, 7) is 0.400. The maximum absolute atomic E-state index is 11.7. The van der Waals surface area contributed by atoms with Gasteiger partial charge in [0.2, 0.25) is 0 Å². The Balaban J connectivity index is 1.97. The van der Waals surface area contributed by atoms with Gasteiger partial charge in [0.25, 0.3) is 5.91 Å². The van der Waals surface area contributed by atoms with Crippen LogP contribution in [0.3, 0.4) is 0 Å². The molecule has 2 aromatic rings. The highest BCUT2D eigenvalue weighted by atomic mass is 79.9. The first-order chi connectivity index (χ1) is 7.77. The van der Waals surface area contributed by atoms with Gasteiger partial charge >= 0.3 is 0 Å². The molecule has 0 aliphatic carbocycles. The lowest BCUT2D eigenvalue weighted by atomic mass is 10.3. The molecule has 0 aromatic carbocycles. The van der Waals surface area contributed by atoms with E-state index >= 15 is 0 Å². The summed E-state index contributed by atoms with van der Waals surface area (Å²) in [6, 6.07) is 7.17. The molecule has 4 nitrogen and oxygen atoms in total. The summed E-state index contributed by atoms with van der Waals surface area (Å²) in [4.78, 5) is 15.8. The van der Waals surface area contributed by atoms with E-state index in [4.69, 9.17) is 4.42 Å². The van der Waals surface area contributed by atoms with Crippen LogP contribution < -0.4 is 5.32 Å². The van der Waals surface area contributed by atoms with Crippen molar-refractivity contribution >= 4 is 21.8 Å². The number of rotatable bonds is 3. The maximum Gasteiger partial charge on any atom is 0.256 e. The molecule has 0 atom stereocenters. The minimum absolute atomic E-state index is 0.189. The molecule has 0 aliphatic heterocycles. The Morgan fingerprint density at radius 1 is 1.44 bits per heavy atom. The standard InChI is InChI=1S/C11H9BrN2O2/c12-10-9(4-6-16-10)11(15)14-7-8-3-1-2-5-13-8/h1-6H,7H2,(H,14,15). The normalized spacial score (nSPS) is 10.1. The number of nitrogens with zero attached hydrogens (tertiary/aromatic N) is 1. The first kappa shape index (κ1) is 10.9. The molecular formula is C11H9BrN2O2. The lowest BCUT2D eigenvalue weighted by Gasteiger charge is -2.02. The van der Waals surface area contributed by atoms with Crippen molar-refractivity contribution in [3.8, 4) is 0 Å². The van der Waals surface area contributed by atoms with Crippen LogP contribution in [0.1, 0.15) is 16.1 Å². The molecule has 0 spiro atoms. The Morgan fingerprint density at radius 2 is 2.31 bits per heavy atom. The number of halogens is 1.